The molecular formula is C15H14N4O2S. The van der Waals surface area contributed by atoms with Gasteiger partial charge in [0.05, 0.1) is 17.7 Å². The molecule has 1 heterocycles. The Bertz CT molecular complexity index is 731. The number of carbonyl (C=O) groups is 2. The molecule has 2 aromatic rings. The quantitative estimate of drug-likeness (QED) is 0.906. The lowest BCUT2D eigenvalue weighted by Gasteiger charge is -2.13. The Balaban J connectivity index is 2.02. The minimum Gasteiger partial charge on any atom is -0.344 e. The molecule has 0 unspecified atom stereocenters. The van der Waals surface area contributed by atoms with Crippen molar-refractivity contribution in [3.8, 4) is 6.07 Å². The standard InChI is InChI=1S/C15H14N4O2S/c1-9(12-5-3-11(7-16)4-6-12)17-14(21)13-8-22-15(19-13)18-10(2)20/h3-6,8-9H,1-2H3,(H,17,21)(H,18,19,20)/t9-/m1/s1. The van der Waals surface area contributed by atoms with E-state index in [0.717, 1.165) is 5.56 Å². The number of aromatic nitrogens is 1. The molecule has 0 saturated heterocycles. The van der Waals surface area contributed by atoms with Crippen LogP contribution in [0.15, 0.2) is 29.6 Å². The highest BCUT2D eigenvalue weighted by Gasteiger charge is 2.15. The lowest BCUT2D eigenvalue weighted by molar-refractivity contribution is -0.114. The van der Waals surface area contributed by atoms with E-state index in [-0.39, 0.29) is 23.6 Å². The summed E-state index contributed by atoms with van der Waals surface area (Å²) in [4.78, 5) is 27.1. The number of hydrogen-bond donors (Lipinski definition) is 2. The first-order chi connectivity index (χ1) is 10.5. The Kier molecular flexibility index (Phi) is 4.86. The van der Waals surface area contributed by atoms with Gasteiger partial charge in [-0.05, 0) is 24.6 Å². The summed E-state index contributed by atoms with van der Waals surface area (Å²) < 4.78 is 0. The van der Waals surface area contributed by atoms with Crippen molar-refractivity contribution < 1.29 is 9.59 Å². The van der Waals surface area contributed by atoms with Gasteiger partial charge in [-0.15, -0.1) is 11.3 Å². The van der Waals surface area contributed by atoms with Crippen LogP contribution >= 0.6 is 11.3 Å². The first-order valence-corrected chi connectivity index (χ1v) is 7.41. The van der Waals surface area contributed by atoms with Crippen LogP contribution in [0.5, 0.6) is 0 Å². The maximum absolute atomic E-state index is 12.1. The average molecular weight is 314 g/mol. The highest BCUT2D eigenvalue weighted by Crippen LogP contribution is 2.17. The summed E-state index contributed by atoms with van der Waals surface area (Å²) in [5, 5.41) is 16.1. The number of anilines is 1. The number of rotatable bonds is 4. The molecule has 7 heteroatoms. The van der Waals surface area contributed by atoms with Gasteiger partial charge >= 0.3 is 0 Å². The zero-order valence-electron chi connectivity index (χ0n) is 12.1. The third kappa shape index (κ3) is 3.90. The van der Waals surface area contributed by atoms with E-state index in [9.17, 15) is 9.59 Å². The topological polar surface area (TPSA) is 94.9 Å². The van der Waals surface area contributed by atoms with Gasteiger partial charge in [-0.1, -0.05) is 12.1 Å². The van der Waals surface area contributed by atoms with Crippen molar-refractivity contribution in [2.75, 3.05) is 5.32 Å². The molecule has 2 rings (SSSR count). The van der Waals surface area contributed by atoms with Crippen LogP contribution < -0.4 is 10.6 Å². The van der Waals surface area contributed by atoms with Crippen LogP contribution in [0, 0.1) is 11.3 Å². The molecule has 0 bridgehead atoms. The molecule has 0 aliphatic heterocycles. The molecule has 0 saturated carbocycles. The summed E-state index contributed by atoms with van der Waals surface area (Å²) in [5.41, 5.74) is 1.72. The van der Waals surface area contributed by atoms with Gasteiger partial charge in [0.2, 0.25) is 5.91 Å². The van der Waals surface area contributed by atoms with Crippen LogP contribution in [-0.4, -0.2) is 16.8 Å². The van der Waals surface area contributed by atoms with Gasteiger partial charge < -0.3 is 10.6 Å². The Morgan fingerprint density at radius 1 is 1.32 bits per heavy atom. The van der Waals surface area contributed by atoms with E-state index < -0.39 is 0 Å². The van der Waals surface area contributed by atoms with Gasteiger partial charge in [-0.3, -0.25) is 9.59 Å². The van der Waals surface area contributed by atoms with E-state index in [2.05, 4.69) is 15.6 Å². The lowest BCUT2D eigenvalue weighted by Crippen LogP contribution is -2.27. The van der Waals surface area contributed by atoms with Crippen molar-refractivity contribution >= 4 is 28.3 Å². The smallest absolute Gasteiger partial charge is 0.271 e. The highest BCUT2D eigenvalue weighted by atomic mass is 32.1. The summed E-state index contributed by atoms with van der Waals surface area (Å²) in [5.74, 6) is -0.544. The average Bonchev–Trinajstić information content (AvgIpc) is 2.95. The molecule has 6 nitrogen and oxygen atoms in total. The molecule has 1 aromatic carbocycles. The molecular weight excluding hydrogens is 300 g/mol. The van der Waals surface area contributed by atoms with E-state index in [4.69, 9.17) is 5.26 Å². The van der Waals surface area contributed by atoms with Gasteiger partial charge in [0.15, 0.2) is 5.13 Å². The van der Waals surface area contributed by atoms with E-state index in [0.29, 0.717) is 10.7 Å². The minimum absolute atomic E-state index is 0.217. The molecule has 2 N–H and O–H groups in total. The summed E-state index contributed by atoms with van der Waals surface area (Å²) in [7, 11) is 0. The number of carbonyl (C=O) groups excluding carboxylic acids is 2. The number of nitriles is 1. The molecule has 0 spiro atoms. The molecule has 2 amide bonds. The second-order valence-electron chi connectivity index (χ2n) is 4.65. The van der Waals surface area contributed by atoms with Crippen molar-refractivity contribution in [3.05, 3.63) is 46.5 Å². The van der Waals surface area contributed by atoms with Crippen LogP contribution in [0.1, 0.15) is 41.5 Å². The SMILES string of the molecule is CC(=O)Nc1nc(C(=O)N[C@H](C)c2ccc(C#N)cc2)cs1. The van der Waals surface area contributed by atoms with E-state index >= 15 is 0 Å². The predicted molar refractivity (Wildman–Crippen MR) is 83.5 cm³/mol. The van der Waals surface area contributed by atoms with Crippen molar-refractivity contribution in [1.82, 2.24) is 10.3 Å². The third-order valence-electron chi connectivity index (χ3n) is 2.91. The van der Waals surface area contributed by atoms with Crippen molar-refractivity contribution in [3.63, 3.8) is 0 Å². The Morgan fingerprint density at radius 2 is 2.00 bits per heavy atom. The molecule has 0 aliphatic rings. The maximum atomic E-state index is 12.1. The largest absolute Gasteiger partial charge is 0.344 e. The molecule has 1 atom stereocenters. The molecule has 22 heavy (non-hydrogen) atoms. The first-order valence-electron chi connectivity index (χ1n) is 6.53. The number of benzene rings is 1. The summed E-state index contributed by atoms with van der Waals surface area (Å²) in [6.45, 7) is 3.23. The molecule has 0 radical (unpaired) electrons. The van der Waals surface area contributed by atoms with Gasteiger partial charge in [0, 0.05) is 12.3 Å². The number of hydrogen-bond acceptors (Lipinski definition) is 5. The fourth-order valence-electron chi connectivity index (χ4n) is 1.79. The first kappa shape index (κ1) is 15.7. The van der Waals surface area contributed by atoms with Crippen LogP contribution in [0.3, 0.4) is 0 Å². The van der Waals surface area contributed by atoms with Gasteiger partial charge in [-0.25, -0.2) is 4.98 Å². The molecule has 0 aliphatic carbocycles. The second kappa shape index (κ2) is 6.83. The maximum Gasteiger partial charge on any atom is 0.271 e. The van der Waals surface area contributed by atoms with Gasteiger partial charge in [0.1, 0.15) is 5.69 Å². The summed E-state index contributed by atoms with van der Waals surface area (Å²) in [6, 6.07) is 8.84. The summed E-state index contributed by atoms with van der Waals surface area (Å²) in [6.07, 6.45) is 0. The number of nitrogens with zero attached hydrogens (tertiary/aromatic N) is 2. The molecule has 112 valence electrons. The fourth-order valence-corrected chi connectivity index (χ4v) is 2.52. The Morgan fingerprint density at radius 3 is 2.59 bits per heavy atom. The number of amides is 2. The minimum atomic E-state index is -0.315. The van der Waals surface area contributed by atoms with Gasteiger partial charge in [-0.2, -0.15) is 5.26 Å². The predicted octanol–water partition coefficient (Wildman–Crippen LogP) is 2.46. The molecule has 0 fully saturated rings. The zero-order chi connectivity index (χ0) is 16.1. The zero-order valence-corrected chi connectivity index (χ0v) is 12.9. The Hall–Kier alpha value is -2.72. The van der Waals surface area contributed by atoms with Crippen LogP contribution in [0.2, 0.25) is 0 Å². The van der Waals surface area contributed by atoms with Crippen LogP contribution in [0.4, 0.5) is 5.13 Å². The highest BCUT2D eigenvalue weighted by molar-refractivity contribution is 7.14. The molecule has 1 aromatic heterocycles. The van der Waals surface area contributed by atoms with Crippen molar-refractivity contribution in [2.24, 2.45) is 0 Å². The van der Waals surface area contributed by atoms with Gasteiger partial charge in [0.25, 0.3) is 5.91 Å². The summed E-state index contributed by atoms with van der Waals surface area (Å²) >= 11 is 1.19. The van der Waals surface area contributed by atoms with Crippen molar-refractivity contribution in [1.29, 1.82) is 5.26 Å². The van der Waals surface area contributed by atoms with Crippen LogP contribution in [0.25, 0.3) is 0 Å². The van der Waals surface area contributed by atoms with E-state index in [1.165, 1.54) is 18.3 Å². The fraction of sp³-hybridized carbons (Fsp3) is 0.200. The van der Waals surface area contributed by atoms with E-state index in [1.807, 2.05) is 13.0 Å². The second-order valence-corrected chi connectivity index (χ2v) is 5.51. The number of nitrogens with one attached hydrogen (secondary N) is 2. The monoisotopic (exact) mass is 314 g/mol. The van der Waals surface area contributed by atoms with Crippen LogP contribution in [-0.2, 0) is 4.79 Å². The van der Waals surface area contributed by atoms with E-state index in [1.54, 1.807) is 29.6 Å². The third-order valence-corrected chi connectivity index (χ3v) is 3.66. The van der Waals surface area contributed by atoms with Crippen molar-refractivity contribution in [2.45, 2.75) is 19.9 Å². The number of thiazole rings is 1. The normalized spacial score (nSPS) is 11.3. The lowest BCUT2D eigenvalue weighted by atomic mass is 10.1. The Labute approximate surface area is 131 Å².